The van der Waals surface area contributed by atoms with E-state index in [2.05, 4.69) is 16.9 Å². The molecule has 2 N–H and O–H groups in total. The van der Waals surface area contributed by atoms with Gasteiger partial charge in [0.1, 0.15) is 5.82 Å². The highest BCUT2D eigenvalue weighted by Gasteiger charge is 2.15. The molecule has 0 radical (unpaired) electrons. The molecular weight excluding hydrogens is 242 g/mol. The molecule has 0 bridgehead atoms. The molecule has 1 unspecified atom stereocenters. The standard InChI is InChI=1S/C14H23N3S/c1-2-12(15)7-11-8-16-14(17-9-11)10-18-13-5-3-4-6-13/h8-9,12-13H,2-7,10,15H2,1H3. The SMILES string of the molecule is CCC(N)Cc1cnc(CSC2CCCC2)nc1. The average Bonchev–Trinajstić information content (AvgIpc) is 2.91. The highest BCUT2D eigenvalue weighted by molar-refractivity contribution is 7.99. The Kier molecular flexibility index (Phi) is 5.45. The van der Waals surface area contributed by atoms with Crippen LogP contribution in [0.2, 0.25) is 0 Å². The molecule has 0 amide bonds. The van der Waals surface area contributed by atoms with Gasteiger partial charge in [-0.25, -0.2) is 9.97 Å². The van der Waals surface area contributed by atoms with E-state index in [0.717, 1.165) is 35.2 Å². The second-order valence-corrected chi connectivity index (χ2v) is 6.39. The molecule has 1 fully saturated rings. The summed E-state index contributed by atoms with van der Waals surface area (Å²) in [5, 5.41) is 0.835. The Morgan fingerprint density at radius 1 is 1.33 bits per heavy atom. The first-order valence-corrected chi connectivity index (χ1v) is 7.99. The monoisotopic (exact) mass is 265 g/mol. The van der Waals surface area contributed by atoms with E-state index in [1.165, 1.54) is 25.7 Å². The lowest BCUT2D eigenvalue weighted by atomic mass is 10.1. The van der Waals surface area contributed by atoms with Gasteiger partial charge in [-0.15, -0.1) is 0 Å². The fourth-order valence-corrected chi connectivity index (χ4v) is 3.46. The van der Waals surface area contributed by atoms with Gasteiger partial charge in [0.05, 0.1) is 5.75 Å². The molecular formula is C14H23N3S. The Balaban J connectivity index is 1.79. The van der Waals surface area contributed by atoms with Crippen molar-refractivity contribution in [2.24, 2.45) is 5.73 Å². The third kappa shape index (κ3) is 4.25. The van der Waals surface area contributed by atoms with E-state index in [-0.39, 0.29) is 6.04 Å². The van der Waals surface area contributed by atoms with Crippen molar-refractivity contribution in [2.75, 3.05) is 0 Å². The maximum Gasteiger partial charge on any atom is 0.138 e. The number of nitrogens with zero attached hydrogens (tertiary/aromatic N) is 2. The van der Waals surface area contributed by atoms with E-state index < -0.39 is 0 Å². The van der Waals surface area contributed by atoms with Crippen molar-refractivity contribution in [3.8, 4) is 0 Å². The first-order valence-electron chi connectivity index (χ1n) is 6.95. The normalized spacial score (nSPS) is 18.1. The van der Waals surface area contributed by atoms with Gasteiger partial charge in [-0.3, -0.25) is 0 Å². The maximum atomic E-state index is 5.92. The van der Waals surface area contributed by atoms with Gasteiger partial charge in [0.2, 0.25) is 0 Å². The molecule has 100 valence electrons. The summed E-state index contributed by atoms with van der Waals surface area (Å²) in [4.78, 5) is 8.88. The molecule has 2 rings (SSSR count). The molecule has 1 aliphatic carbocycles. The van der Waals surface area contributed by atoms with Crippen molar-refractivity contribution in [2.45, 2.75) is 62.5 Å². The van der Waals surface area contributed by atoms with Crippen LogP contribution in [-0.4, -0.2) is 21.3 Å². The summed E-state index contributed by atoms with van der Waals surface area (Å²) in [6, 6.07) is 0.229. The Bertz CT molecular complexity index is 347. The van der Waals surface area contributed by atoms with E-state index in [1.54, 1.807) is 0 Å². The van der Waals surface area contributed by atoms with Crippen LogP contribution in [0.1, 0.15) is 50.4 Å². The predicted molar refractivity (Wildman–Crippen MR) is 77.6 cm³/mol. The van der Waals surface area contributed by atoms with Gasteiger partial charge in [-0.1, -0.05) is 19.8 Å². The van der Waals surface area contributed by atoms with Crippen LogP contribution in [0.4, 0.5) is 0 Å². The molecule has 1 saturated carbocycles. The van der Waals surface area contributed by atoms with Crippen LogP contribution in [0.15, 0.2) is 12.4 Å². The van der Waals surface area contributed by atoms with Crippen LogP contribution in [0.3, 0.4) is 0 Å². The molecule has 4 heteroatoms. The molecule has 1 heterocycles. The summed E-state index contributed by atoms with van der Waals surface area (Å²) in [7, 11) is 0. The Hall–Kier alpha value is -0.610. The van der Waals surface area contributed by atoms with Crippen molar-refractivity contribution >= 4 is 11.8 Å². The number of hydrogen-bond acceptors (Lipinski definition) is 4. The minimum absolute atomic E-state index is 0.229. The van der Waals surface area contributed by atoms with Gasteiger partial charge >= 0.3 is 0 Å². The number of rotatable bonds is 6. The maximum absolute atomic E-state index is 5.92. The lowest BCUT2D eigenvalue weighted by Crippen LogP contribution is -2.21. The Labute approximate surface area is 114 Å². The van der Waals surface area contributed by atoms with Gasteiger partial charge in [0.25, 0.3) is 0 Å². The Morgan fingerprint density at radius 3 is 2.61 bits per heavy atom. The molecule has 1 atom stereocenters. The molecule has 1 aromatic rings. The third-order valence-corrected chi connectivity index (χ3v) is 4.90. The zero-order chi connectivity index (χ0) is 12.8. The second kappa shape index (κ2) is 7.10. The zero-order valence-corrected chi connectivity index (χ0v) is 12.0. The lowest BCUT2D eigenvalue weighted by molar-refractivity contribution is 0.642. The van der Waals surface area contributed by atoms with E-state index in [0.29, 0.717) is 0 Å². The van der Waals surface area contributed by atoms with E-state index in [9.17, 15) is 0 Å². The predicted octanol–water partition coefficient (Wildman–Crippen LogP) is 2.93. The minimum atomic E-state index is 0.229. The lowest BCUT2D eigenvalue weighted by Gasteiger charge is -2.09. The number of nitrogens with two attached hydrogens (primary N) is 1. The van der Waals surface area contributed by atoms with Crippen molar-refractivity contribution in [1.29, 1.82) is 0 Å². The summed E-state index contributed by atoms with van der Waals surface area (Å²) < 4.78 is 0. The number of aromatic nitrogens is 2. The first kappa shape index (κ1) is 13.8. The highest BCUT2D eigenvalue weighted by Crippen LogP contribution is 2.30. The summed E-state index contributed by atoms with van der Waals surface area (Å²) in [6.07, 6.45) is 11.3. The molecule has 1 aliphatic rings. The van der Waals surface area contributed by atoms with Crippen LogP contribution in [-0.2, 0) is 12.2 Å². The summed E-state index contributed by atoms with van der Waals surface area (Å²) >= 11 is 2.01. The molecule has 0 aromatic carbocycles. The van der Waals surface area contributed by atoms with Crippen molar-refractivity contribution < 1.29 is 0 Å². The van der Waals surface area contributed by atoms with Gasteiger partial charge in [-0.2, -0.15) is 11.8 Å². The quantitative estimate of drug-likeness (QED) is 0.859. The van der Waals surface area contributed by atoms with Gasteiger partial charge in [0, 0.05) is 23.7 Å². The van der Waals surface area contributed by atoms with Crippen LogP contribution >= 0.6 is 11.8 Å². The third-order valence-electron chi connectivity index (χ3n) is 3.53. The molecule has 0 aliphatic heterocycles. The van der Waals surface area contributed by atoms with Crippen LogP contribution in [0, 0.1) is 0 Å². The van der Waals surface area contributed by atoms with Crippen molar-refractivity contribution in [3.05, 3.63) is 23.8 Å². The van der Waals surface area contributed by atoms with Crippen LogP contribution in [0.25, 0.3) is 0 Å². The van der Waals surface area contributed by atoms with Crippen LogP contribution < -0.4 is 5.73 Å². The fourth-order valence-electron chi connectivity index (χ4n) is 2.26. The average molecular weight is 265 g/mol. The molecule has 1 aromatic heterocycles. The summed E-state index contributed by atoms with van der Waals surface area (Å²) in [6.45, 7) is 2.11. The second-order valence-electron chi connectivity index (χ2n) is 5.10. The van der Waals surface area contributed by atoms with E-state index in [4.69, 9.17) is 5.73 Å². The van der Waals surface area contributed by atoms with Gasteiger partial charge in [-0.05, 0) is 31.2 Å². The van der Waals surface area contributed by atoms with E-state index >= 15 is 0 Å². The smallest absolute Gasteiger partial charge is 0.138 e. The Morgan fingerprint density at radius 2 is 2.00 bits per heavy atom. The summed E-state index contributed by atoms with van der Waals surface area (Å²) in [5.41, 5.74) is 7.08. The minimum Gasteiger partial charge on any atom is -0.327 e. The topological polar surface area (TPSA) is 51.8 Å². The largest absolute Gasteiger partial charge is 0.327 e. The van der Waals surface area contributed by atoms with Crippen LogP contribution in [0.5, 0.6) is 0 Å². The molecule has 0 saturated heterocycles. The zero-order valence-electron chi connectivity index (χ0n) is 11.1. The molecule has 18 heavy (non-hydrogen) atoms. The summed E-state index contributed by atoms with van der Waals surface area (Å²) in [5.74, 6) is 1.91. The van der Waals surface area contributed by atoms with Crippen molar-refractivity contribution in [3.63, 3.8) is 0 Å². The molecule has 0 spiro atoms. The molecule has 3 nitrogen and oxygen atoms in total. The van der Waals surface area contributed by atoms with Crippen molar-refractivity contribution in [1.82, 2.24) is 9.97 Å². The van der Waals surface area contributed by atoms with Gasteiger partial charge < -0.3 is 5.73 Å². The fraction of sp³-hybridized carbons (Fsp3) is 0.714. The van der Waals surface area contributed by atoms with Gasteiger partial charge in [0.15, 0.2) is 0 Å². The first-order chi connectivity index (χ1) is 8.78. The number of thioether (sulfide) groups is 1. The highest BCUT2D eigenvalue weighted by atomic mass is 32.2. The number of hydrogen-bond donors (Lipinski definition) is 1. The van der Waals surface area contributed by atoms with E-state index in [1.807, 2.05) is 24.2 Å².